The normalized spacial score (nSPS) is 9.64. The summed E-state index contributed by atoms with van der Waals surface area (Å²) >= 11 is 0. The van der Waals surface area contributed by atoms with Gasteiger partial charge in [-0.3, -0.25) is 16.0 Å². The summed E-state index contributed by atoms with van der Waals surface area (Å²) in [6.07, 6.45) is 2.93. The maximum Gasteiger partial charge on any atom is 0 e. The first kappa shape index (κ1) is 12.4. The van der Waals surface area contributed by atoms with Crippen molar-refractivity contribution in [2.45, 2.75) is 19.8 Å². The molecule has 1 aromatic heterocycles. The minimum atomic E-state index is 0. The Morgan fingerprint density at radius 3 is 2.79 bits per heavy atom. The zero-order chi connectivity index (χ0) is 8.55. The molecule has 0 aliphatic heterocycles. The minimum absolute atomic E-state index is 0. The third kappa shape index (κ3) is 1.81. The monoisotopic (exact) mass is 612 g/mol. The van der Waals surface area contributed by atoms with Gasteiger partial charge in [0.25, 0.3) is 0 Å². The van der Waals surface area contributed by atoms with E-state index < -0.39 is 0 Å². The number of nitrogens with zero attached hydrogens (tertiary/aromatic N) is 1. The Hall–Kier alpha value is -1.65. The van der Waals surface area contributed by atoms with Gasteiger partial charge in [-0.25, -0.2) is 12.1 Å². The van der Waals surface area contributed by atoms with E-state index in [-0.39, 0.29) is 20.4 Å². The van der Waals surface area contributed by atoms with Crippen LogP contribution in [0.1, 0.15) is 25.3 Å². The standard InChI is InChI=1S/C10H10N2.Re.Rf/c1-7(2)8-4-3-5-10-9(8)6-11-12-10;;/h3,5,7H,1-2H3,(H,11,12);;/q-2;;. The summed E-state index contributed by atoms with van der Waals surface area (Å²) in [5, 5.41) is 7.83. The van der Waals surface area contributed by atoms with Crippen molar-refractivity contribution in [2.24, 2.45) is 0 Å². The molecular weight excluding hydrogens is 601 g/mol. The molecule has 0 spiro atoms. The molecule has 0 atom stereocenters. The number of H-pyrrole nitrogens is 1. The van der Waals surface area contributed by atoms with Crippen LogP contribution in [0.3, 0.4) is 0 Å². The summed E-state index contributed by atoms with van der Waals surface area (Å²) < 4.78 is 0. The molecule has 14 heavy (non-hydrogen) atoms. The van der Waals surface area contributed by atoms with Crippen molar-refractivity contribution in [1.82, 2.24) is 10.2 Å². The summed E-state index contributed by atoms with van der Waals surface area (Å²) in [7, 11) is 0. The number of hydrogen-bond acceptors (Lipinski definition) is 1. The SMILES string of the molecule is CC(C)c1[c-]ccc2[nH]n[c-]c12.[Re].[Rf]. The van der Waals surface area contributed by atoms with Crippen LogP contribution in [0.4, 0.5) is 0 Å². The molecule has 1 N–H and O–H groups in total. The Balaban J connectivity index is 0.000000845. The zero-order valence-corrected chi connectivity index (χ0v) is 17.4. The van der Waals surface area contributed by atoms with Crippen molar-refractivity contribution in [3.63, 3.8) is 0 Å². The number of aromatic amines is 1. The van der Waals surface area contributed by atoms with Gasteiger partial charge in [-0.2, -0.15) is 11.6 Å². The van der Waals surface area contributed by atoms with Crippen molar-refractivity contribution in [2.75, 3.05) is 0 Å². The number of nitrogens with one attached hydrogen (secondary N) is 1. The van der Waals surface area contributed by atoms with Gasteiger partial charge >= 0.3 is 0 Å². The van der Waals surface area contributed by atoms with Gasteiger partial charge in [0, 0.05) is 20.4 Å². The van der Waals surface area contributed by atoms with Crippen LogP contribution in [0.15, 0.2) is 12.1 Å². The molecule has 0 unspecified atom stereocenters. The molecule has 0 saturated heterocycles. The van der Waals surface area contributed by atoms with E-state index in [2.05, 4.69) is 36.3 Å². The second-order valence-electron chi connectivity index (χ2n) is 3.17. The van der Waals surface area contributed by atoms with Gasteiger partial charge in [0.2, 0.25) is 0 Å². The molecule has 0 aliphatic rings. The smallest absolute Gasteiger partial charge is 0 e. The van der Waals surface area contributed by atoms with Gasteiger partial charge in [0.1, 0.15) is 0 Å². The molecule has 0 bridgehead atoms. The number of hydrogen-bond donors (Lipinski definition) is 1. The van der Waals surface area contributed by atoms with E-state index in [9.17, 15) is 0 Å². The molecule has 1 aromatic carbocycles. The van der Waals surface area contributed by atoms with Crippen molar-refractivity contribution < 1.29 is 20.4 Å². The molecule has 71 valence electrons. The molecular formula is C10H10N2ReRf-2. The molecule has 4 heteroatoms. The third-order valence-electron chi connectivity index (χ3n) is 1.95. The van der Waals surface area contributed by atoms with E-state index in [4.69, 9.17) is 0 Å². The molecule has 0 saturated carbocycles. The number of fused-ring (bicyclic) bond motifs is 1. The molecule has 2 nitrogen and oxygen atoms in total. The van der Waals surface area contributed by atoms with Crippen LogP contribution >= 0.6 is 0 Å². The van der Waals surface area contributed by atoms with Crippen molar-refractivity contribution in [1.29, 1.82) is 0 Å². The zero-order valence-electron chi connectivity index (χ0n) is 8.26. The Kier molecular flexibility index (Phi) is 4.01. The summed E-state index contributed by atoms with van der Waals surface area (Å²) in [6.45, 7) is 4.29. The fourth-order valence-electron chi connectivity index (χ4n) is 1.33. The third-order valence-corrected chi connectivity index (χ3v) is 1.95. The maximum atomic E-state index is 3.87. The Morgan fingerprint density at radius 1 is 1.43 bits per heavy atom. The van der Waals surface area contributed by atoms with Gasteiger partial charge in [0.05, 0.1) is 0 Å². The fraction of sp³-hybridized carbons (Fsp3) is 0.300. The second kappa shape index (κ2) is 4.55. The van der Waals surface area contributed by atoms with Gasteiger partial charge in [0.15, 0.2) is 0 Å². The Labute approximate surface area is 91.4 Å². The molecule has 2 rings (SSSR count). The summed E-state index contributed by atoms with van der Waals surface area (Å²) in [5.41, 5.74) is 2.22. The maximum absolute atomic E-state index is 3.87. The van der Waals surface area contributed by atoms with Gasteiger partial charge < -0.3 is 5.10 Å². The van der Waals surface area contributed by atoms with Gasteiger partial charge in [-0.1, -0.05) is 19.8 Å². The van der Waals surface area contributed by atoms with E-state index in [0.29, 0.717) is 5.92 Å². The van der Waals surface area contributed by atoms with E-state index in [1.807, 2.05) is 12.1 Å². The first-order chi connectivity index (χ1) is 5.79. The second-order valence-corrected chi connectivity index (χ2v) is 3.17. The number of rotatable bonds is 1. The predicted molar refractivity (Wildman–Crippen MR) is 47.9 cm³/mol. The van der Waals surface area contributed by atoms with Crippen LogP contribution < -0.4 is 0 Å². The number of aromatic nitrogens is 2. The van der Waals surface area contributed by atoms with Crippen LogP contribution in [-0.4, -0.2) is 10.2 Å². The van der Waals surface area contributed by atoms with Gasteiger partial charge in [-0.15, -0.1) is 6.20 Å². The average molecular weight is 611 g/mol. The molecule has 0 fully saturated rings. The van der Waals surface area contributed by atoms with Crippen LogP contribution in [0, 0.1) is 12.3 Å². The fourth-order valence-corrected chi connectivity index (χ4v) is 1.33. The molecule has 2 aromatic rings. The first-order valence-corrected chi connectivity index (χ1v) is 4.05. The summed E-state index contributed by atoms with van der Waals surface area (Å²) in [6, 6.07) is 7.09. The van der Waals surface area contributed by atoms with E-state index in [1.54, 1.807) is 0 Å². The summed E-state index contributed by atoms with van der Waals surface area (Å²) in [4.78, 5) is 0. The largest absolute Gasteiger partial charge is 0.369 e. The van der Waals surface area contributed by atoms with Crippen LogP contribution in [0.2, 0.25) is 0 Å². The molecule has 1 heterocycles. The molecule has 1 radical (unpaired) electrons. The Morgan fingerprint density at radius 2 is 2.14 bits per heavy atom. The minimum Gasteiger partial charge on any atom is -0.369 e. The topological polar surface area (TPSA) is 28.7 Å². The van der Waals surface area contributed by atoms with Crippen molar-refractivity contribution >= 4 is 10.9 Å². The van der Waals surface area contributed by atoms with Crippen molar-refractivity contribution in [3.05, 3.63) is 30.0 Å². The average Bonchev–Trinajstić information content (AvgIpc) is 2.49. The predicted octanol–water partition coefficient (Wildman–Crippen LogP) is 2.28. The van der Waals surface area contributed by atoms with Crippen molar-refractivity contribution in [3.8, 4) is 0 Å². The summed E-state index contributed by atoms with van der Waals surface area (Å²) in [5.74, 6) is 0.475. The molecule has 0 amide bonds. The molecule has 0 aliphatic carbocycles. The number of benzene rings is 1. The van der Waals surface area contributed by atoms with Gasteiger partial charge in [-0.05, 0) is 0 Å². The van der Waals surface area contributed by atoms with E-state index >= 15 is 0 Å². The van der Waals surface area contributed by atoms with Crippen LogP contribution in [0.5, 0.6) is 0 Å². The quantitative estimate of drug-likeness (QED) is 0.493. The van der Waals surface area contributed by atoms with Crippen LogP contribution in [-0.2, 0) is 20.4 Å². The van der Waals surface area contributed by atoms with E-state index in [1.165, 1.54) is 5.56 Å². The first-order valence-electron chi connectivity index (χ1n) is 4.05. The Bertz CT molecular complexity index is 398. The van der Waals surface area contributed by atoms with E-state index in [0.717, 1.165) is 10.9 Å². The van der Waals surface area contributed by atoms with Crippen LogP contribution in [0.25, 0.3) is 10.9 Å².